The van der Waals surface area contributed by atoms with Gasteiger partial charge in [-0.3, -0.25) is 4.79 Å². The normalized spacial score (nSPS) is 11.9. The fourth-order valence-electron chi connectivity index (χ4n) is 3.55. The van der Waals surface area contributed by atoms with Gasteiger partial charge in [-0.1, -0.05) is 102 Å². The van der Waals surface area contributed by atoms with E-state index in [1.54, 1.807) is 13.0 Å². The largest absolute Gasteiger partial charge is 2.00 e. The number of allylic oxidation sites excluding steroid dienone is 7. The minimum absolute atomic E-state index is 0. The van der Waals surface area contributed by atoms with Crippen LogP contribution in [0, 0.1) is 55.1 Å². The number of aryl methyl sites for hydroxylation is 1. The van der Waals surface area contributed by atoms with Gasteiger partial charge in [0.2, 0.25) is 5.92 Å². The average molecular weight is 831 g/mol. The third-order valence-electron chi connectivity index (χ3n) is 6.37. The van der Waals surface area contributed by atoms with Crippen molar-refractivity contribution in [2.45, 2.75) is 101 Å². The summed E-state index contributed by atoms with van der Waals surface area (Å²) in [6.07, 6.45) is 14.6. The Labute approximate surface area is 291 Å². The Bertz CT molecular complexity index is 1160. The van der Waals surface area contributed by atoms with Crippen molar-refractivity contribution in [2.75, 3.05) is 0 Å². The number of hydrogen-bond donors (Lipinski definition) is 0. The summed E-state index contributed by atoms with van der Waals surface area (Å²) < 4.78 is 24.9. The number of Topliss-reactive ketones (excluding diaryl/α,β-unsaturated/α-hetero) is 1. The van der Waals surface area contributed by atoms with E-state index in [4.69, 9.17) is 0 Å². The van der Waals surface area contributed by atoms with Crippen LogP contribution in [-0.4, -0.2) is 11.6 Å². The molecule has 1 unspecified atom stereocenters. The van der Waals surface area contributed by atoms with Crippen LogP contribution in [0.5, 0.6) is 0 Å². The molecule has 1 atom stereocenters. The Morgan fingerprint density at radius 1 is 1.00 bits per heavy atom. The number of rotatable bonds is 11. The van der Waals surface area contributed by atoms with Gasteiger partial charge in [-0.05, 0) is 51.2 Å². The van der Waals surface area contributed by atoms with E-state index in [2.05, 4.69) is 84.6 Å². The van der Waals surface area contributed by atoms with Crippen molar-refractivity contribution in [2.24, 2.45) is 11.8 Å². The minimum Gasteiger partial charge on any atom is -0.309 e. The van der Waals surface area contributed by atoms with Crippen molar-refractivity contribution >= 4 is 11.6 Å². The summed E-state index contributed by atoms with van der Waals surface area (Å²) >= 11 is 0. The number of ketones is 2. The molecule has 0 spiro atoms. The molecule has 2 aromatic carbocycles. The Kier molecular flexibility index (Phi) is 28.3. The van der Waals surface area contributed by atoms with E-state index in [0.29, 0.717) is 5.92 Å². The molecule has 0 aliphatic rings. The number of carbonyl (C=O) groups is 2. The summed E-state index contributed by atoms with van der Waals surface area (Å²) in [5.74, 6) is -1.70. The number of benzene rings is 2. The maximum Gasteiger partial charge on any atom is 2.00 e. The second-order valence-corrected chi connectivity index (χ2v) is 10.6. The Morgan fingerprint density at radius 3 is 1.93 bits per heavy atom. The van der Waals surface area contributed by atoms with Crippen molar-refractivity contribution in [1.82, 2.24) is 0 Å². The minimum atomic E-state index is -2.73. The Morgan fingerprint density at radius 2 is 1.57 bits per heavy atom. The van der Waals surface area contributed by atoms with Gasteiger partial charge in [-0.25, -0.2) is 8.78 Å². The first-order valence-corrected chi connectivity index (χ1v) is 15.2. The molecule has 0 fully saturated rings. The molecule has 240 valence electrons. The van der Waals surface area contributed by atoms with Crippen LogP contribution < -0.4 is 0 Å². The second kappa shape index (κ2) is 27.0. The maximum absolute atomic E-state index is 12.4. The first kappa shape index (κ1) is 46.1. The van der Waals surface area contributed by atoms with Gasteiger partial charge in [-0.2, -0.15) is 54.6 Å². The van der Waals surface area contributed by atoms with Gasteiger partial charge in [0.05, 0.1) is 0 Å². The number of carbonyl (C=O) groups excluding carboxylic acids is 2. The van der Waals surface area contributed by atoms with Crippen molar-refractivity contribution < 1.29 is 49.5 Å². The summed E-state index contributed by atoms with van der Waals surface area (Å²) in [6.45, 7) is 22.6. The van der Waals surface area contributed by atoms with Gasteiger partial charge in [-0.15, -0.1) is 5.56 Å². The van der Waals surface area contributed by atoms with Crippen LogP contribution in [0.15, 0.2) is 90.6 Å². The van der Waals surface area contributed by atoms with E-state index >= 15 is 0 Å². The molecule has 0 radical (unpaired) electrons. The molecule has 0 N–H and O–H groups in total. The van der Waals surface area contributed by atoms with Crippen molar-refractivity contribution in [3.63, 3.8) is 0 Å². The van der Waals surface area contributed by atoms with Gasteiger partial charge in [0.25, 0.3) is 0 Å². The first-order chi connectivity index (χ1) is 20.2. The molecule has 0 amide bonds. The standard InChI is InChI=1S/C14H24.C11H13O.C8H7F2.C6H10O.U/c1-6-9-10-12(4)11-14(8-3)13(5)7-2;1-3-6-10-7-4-5-8-11(10)9(2)12;1-8(9,10)7-5-3-2-4-6-7;1-4-6(7)5(2)3;/h8-11,13H,6-7H2,1-5H3;4,7-8H,3,6H2,1-2H3;3-6H,1H3;4-5H,1H2,2-3H3;/q;2*-1;;+2/b10-9+,12-11-,14-8+;;;;. The van der Waals surface area contributed by atoms with Crippen LogP contribution >= 0.6 is 0 Å². The molecule has 2 aromatic rings. The fourth-order valence-corrected chi connectivity index (χ4v) is 3.55. The third-order valence-corrected chi connectivity index (χ3v) is 6.37. The summed E-state index contributed by atoms with van der Waals surface area (Å²) in [5.41, 5.74) is 4.79. The van der Waals surface area contributed by atoms with Gasteiger partial charge >= 0.3 is 31.1 Å². The SMILES string of the molecule is C=CC(=O)C(C)C.CC(F)(F)c1cc[c-]cc1.CCCc1cc[c-]cc1C(C)=O.C\C=C(/C=C(C)\C=C\CC)C(C)CC.[U+2]. The molecular weight excluding hydrogens is 776 g/mol. The Hall–Kier alpha value is -2.35. The predicted molar refractivity (Wildman–Crippen MR) is 181 cm³/mol. The third kappa shape index (κ3) is 22.2. The summed E-state index contributed by atoms with van der Waals surface area (Å²) in [5, 5.41) is 0. The van der Waals surface area contributed by atoms with Crippen molar-refractivity contribution in [3.05, 3.63) is 119 Å². The van der Waals surface area contributed by atoms with Gasteiger partial charge in [0.15, 0.2) is 5.78 Å². The van der Waals surface area contributed by atoms with E-state index < -0.39 is 5.92 Å². The van der Waals surface area contributed by atoms with Crippen LogP contribution in [0.4, 0.5) is 8.78 Å². The van der Waals surface area contributed by atoms with Crippen LogP contribution in [-0.2, 0) is 17.1 Å². The molecule has 44 heavy (non-hydrogen) atoms. The summed E-state index contributed by atoms with van der Waals surface area (Å²) in [7, 11) is 0. The van der Waals surface area contributed by atoms with E-state index in [0.717, 1.165) is 37.3 Å². The van der Waals surface area contributed by atoms with E-state index in [-0.39, 0.29) is 54.2 Å². The Balaban J connectivity index is -0.000000518. The van der Waals surface area contributed by atoms with Crippen LogP contribution in [0.2, 0.25) is 0 Å². The predicted octanol–water partition coefficient (Wildman–Crippen LogP) is 11.5. The zero-order valence-corrected chi connectivity index (χ0v) is 32.9. The molecule has 2 rings (SSSR count). The van der Waals surface area contributed by atoms with Crippen LogP contribution in [0.25, 0.3) is 0 Å². The van der Waals surface area contributed by atoms with E-state index in [1.165, 1.54) is 47.9 Å². The maximum atomic E-state index is 12.4. The second-order valence-electron chi connectivity index (χ2n) is 10.6. The van der Waals surface area contributed by atoms with Crippen molar-refractivity contribution in [1.29, 1.82) is 0 Å². The smallest absolute Gasteiger partial charge is 0.309 e. The van der Waals surface area contributed by atoms with Crippen LogP contribution in [0.3, 0.4) is 0 Å². The molecule has 0 heterocycles. The zero-order valence-electron chi connectivity index (χ0n) is 28.7. The average Bonchev–Trinajstić information content (AvgIpc) is 2.99. The van der Waals surface area contributed by atoms with Gasteiger partial charge in [0, 0.05) is 12.8 Å². The summed E-state index contributed by atoms with van der Waals surface area (Å²) in [4.78, 5) is 21.5. The van der Waals surface area contributed by atoms with E-state index in [1.807, 2.05) is 26.0 Å². The molecule has 0 aliphatic carbocycles. The topological polar surface area (TPSA) is 34.1 Å². The van der Waals surface area contributed by atoms with E-state index in [9.17, 15) is 18.4 Å². The number of halogens is 2. The quantitative estimate of drug-likeness (QED) is 0.0978. The number of alkyl halides is 2. The molecule has 0 saturated carbocycles. The monoisotopic (exact) mass is 830 g/mol. The summed E-state index contributed by atoms with van der Waals surface area (Å²) in [6, 6.07) is 16.9. The van der Waals surface area contributed by atoms with Crippen LogP contribution in [0.1, 0.15) is 110 Å². The molecule has 5 heteroatoms. The van der Waals surface area contributed by atoms with Gasteiger partial charge < -0.3 is 4.79 Å². The molecule has 0 bridgehead atoms. The molecule has 0 aromatic heterocycles. The molecular formula is C39H54F2O2U. The van der Waals surface area contributed by atoms with Gasteiger partial charge in [0.1, 0.15) is 5.78 Å². The fraction of sp³-hybridized carbons (Fsp3) is 0.436. The molecule has 2 nitrogen and oxygen atoms in total. The molecule has 0 saturated heterocycles. The van der Waals surface area contributed by atoms with Crippen molar-refractivity contribution in [3.8, 4) is 0 Å². The molecule has 0 aliphatic heterocycles. The first-order valence-electron chi connectivity index (χ1n) is 15.2. The number of hydrogen-bond acceptors (Lipinski definition) is 2. The zero-order chi connectivity index (χ0) is 33.4.